The highest BCUT2D eigenvalue weighted by atomic mass is 35.5. The van der Waals surface area contributed by atoms with E-state index in [0.29, 0.717) is 10.6 Å². The average Bonchev–Trinajstić information content (AvgIpc) is 2.96. The Labute approximate surface area is 129 Å². The Morgan fingerprint density at radius 3 is 2.62 bits per heavy atom. The largest absolute Gasteiger partial charge is 0.295 e. The minimum Gasteiger partial charge on any atom is -0.295 e. The molecule has 1 unspecified atom stereocenters. The maximum absolute atomic E-state index is 14.2. The van der Waals surface area contributed by atoms with Gasteiger partial charge in [-0.25, -0.2) is 13.8 Å². The second kappa shape index (κ2) is 7.02. The van der Waals surface area contributed by atoms with E-state index in [2.05, 4.69) is 14.3 Å². The van der Waals surface area contributed by atoms with E-state index in [1.807, 2.05) is 0 Å². The molecular formula is C13H19ClFN3O2S. The van der Waals surface area contributed by atoms with Crippen molar-refractivity contribution in [3.63, 3.8) is 0 Å². The zero-order valence-electron chi connectivity index (χ0n) is 11.8. The van der Waals surface area contributed by atoms with Crippen molar-refractivity contribution in [3.8, 4) is 0 Å². The topological polar surface area (TPSA) is 61.4 Å². The van der Waals surface area contributed by atoms with Gasteiger partial charge in [-0.15, -0.1) is 0 Å². The molecule has 0 radical (unpaired) electrons. The Hall–Kier alpha value is -0.730. The van der Waals surface area contributed by atoms with Crippen LogP contribution in [0.3, 0.4) is 0 Å². The van der Waals surface area contributed by atoms with Gasteiger partial charge < -0.3 is 0 Å². The lowest BCUT2D eigenvalue weighted by atomic mass is 10.0. The molecule has 1 aliphatic rings. The summed E-state index contributed by atoms with van der Waals surface area (Å²) in [5.41, 5.74) is 0.347. The van der Waals surface area contributed by atoms with E-state index >= 15 is 0 Å². The molecule has 2 N–H and O–H groups in total. The predicted molar refractivity (Wildman–Crippen MR) is 80.9 cm³/mol. The van der Waals surface area contributed by atoms with Crippen LogP contribution >= 0.6 is 11.6 Å². The quantitative estimate of drug-likeness (QED) is 0.831. The third-order valence-corrected chi connectivity index (χ3v) is 5.06. The molecule has 1 saturated heterocycles. The van der Waals surface area contributed by atoms with E-state index in [-0.39, 0.29) is 6.54 Å². The summed E-state index contributed by atoms with van der Waals surface area (Å²) in [6.45, 7) is 1.68. The number of hydrogen-bond donors (Lipinski definition) is 2. The molecule has 0 aliphatic carbocycles. The SMILES string of the molecule is CNS(=O)(=O)NCC(c1c(F)cccc1Cl)N1CCCC1. The fourth-order valence-electron chi connectivity index (χ4n) is 2.56. The van der Waals surface area contributed by atoms with Crippen molar-refractivity contribution in [2.24, 2.45) is 0 Å². The van der Waals surface area contributed by atoms with E-state index < -0.39 is 22.1 Å². The highest BCUT2D eigenvalue weighted by molar-refractivity contribution is 7.87. The van der Waals surface area contributed by atoms with Crippen molar-refractivity contribution in [3.05, 3.63) is 34.6 Å². The zero-order chi connectivity index (χ0) is 15.5. The molecule has 21 heavy (non-hydrogen) atoms. The second-order valence-electron chi connectivity index (χ2n) is 4.95. The van der Waals surface area contributed by atoms with Gasteiger partial charge in [-0.1, -0.05) is 17.7 Å². The van der Waals surface area contributed by atoms with Gasteiger partial charge in [0.1, 0.15) is 5.82 Å². The highest BCUT2D eigenvalue weighted by Gasteiger charge is 2.28. The number of nitrogens with one attached hydrogen (secondary N) is 2. The van der Waals surface area contributed by atoms with Crippen LogP contribution in [0.5, 0.6) is 0 Å². The first kappa shape index (κ1) is 16.6. The van der Waals surface area contributed by atoms with Crippen LogP contribution in [0.25, 0.3) is 0 Å². The van der Waals surface area contributed by atoms with Gasteiger partial charge in [-0.3, -0.25) is 4.90 Å². The lowest BCUT2D eigenvalue weighted by Gasteiger charge is -2.29. The van der Waals surface area contributed by atoms with Crippen LogP contribution in [0.1, 0.15) is 24.4 Å². The average molecular weight is 336 g/mol. The number of nitrogens with zero attached hydrogens (tertiary/aromatic N) is 1. The molecule has 118 valence electrons. The Kier molecular flexibility index (Phi) is 5.56. The number of benzene rings is 1. The number of rotatable bonds is 6. The van der Waals surface area contributed by atoms with Gasteiger partial charge in [-0.05, 0) is 38.1 Å². The number of halogens is 2. The maximum atomic E-state index is 14.2. The van der Waals surface area contributed by atoms with Gasteiger partial charge in [0.2, 0.25) is 0 Å². The third-order valence-electron chi connectivity index (χ3n) is 3.65. The number of hydrogen-bond acceptors (Lipinski definition) is 3. The van der Waals surface area contributed by atoms with Crippen molar-refractivity contribution < 1.29 is 12.8 Å². The van der Waals surface area contributed by atoms with Crippen LogP contribution in [0.2, 0.25) is 5.02 Å². The lowest BCUT2D eigenvalue weighted by Crippen LogP contribution is -2.41. The minimum atomic E-state index is -3.57. The normalized spacial score (nSPS) is 18.0. The summed E-state index contributed by atoms with van der Waals surface area (Å²) in [7, 11) is -2.25. The van der Waals surface area contributed by atoms with Gasteiger partial charge in [0.25, 0.3) is 10.2 Å². The van der Waals surface area contributed by atoms with Crippen LogP contribution < -0.4 is 9.44 Å². The van der Waals surface area contributed by atoms with Crippen LogP contribution in [-0.2, 0) is 10.2 Å². The molecule has 0 amide bonds. The molecule has 1 aromatic carbocycles. The van der Waals surface area contributed by atoms with Crippen molar-refractivity contribution in [2.75, 3.05) is 26.7 Å². The zero-order valence-corrected chi connectivity index (χ0v) is 13.3. The summed E-state index contributed by atoms with van der Waals surface area (Å²) in [5, 5.41) is 0.315. The molecule has 2 rings (SSSR count). The van der Waals surface area contributed by atoms with Gasteiger partial charge in [0.05, 0.1) is 6.04 Å². The van der Waals surface area contributed by atoms with E-state index in [1.165, 1.54) is 13.1 Å². The van der Waals surface area contributed by atoms with Gasteiger partial charge in [0, 0.05) is 24.2 Å². The monoisotopic (exact) mass is 335 g/mol. The Morgan fingerprint density at radius 2 is 2.05 bits per heavy atom. The molecule has 0 saturated carbocycles. The van der Waals surface area contributed by atoms with E-state index in [1.54, 1.807) is 12.1 Å². The van der Waals surface area contributed by atoms with Crippen molar-refractivity contribution >= 4 is 21.8 Å². The molecule has 1 heterocycles. The molecule has 1 aliphatic heterocycles. The van der Waals surface area contributed by atoms with Crippen LogP contribution in [0.15, 0.2) is 18.2 Å². The highest BCUT2D eigenvalue weighted by Crippen LogP contribution is 2.31. The fourth-order valence-corrected chi connectivity index (χ4v) is 3.37. The van der Waals surface area contributed by atoms with Gasteiger partial charge >= 0.3 is 0 Å². The summed E-state index contributed by atoms with van der Waals surface area (Å²) < 4.78 is 41.9. The van der Waals surface area contributed by atoms with Crippen molar-refractivity contribution in [2.45, 2.75) is 18.9 Å². The molecule has 0 bridgehead atoms. The standard InChI is InChI=1S/C13H19ClFN3O2S/c1-16-21(19,20)17-9-12(18-7-2-3-8-18)13-10(14)5-4-6-11(13)15/h4-6,12,16-17H,2-3,7-9H2,1H3. The molecule has 8 heteroatoms. The summed E-state index contributed by atoms with van der Waals surface area (Å²) in [4.78, 5) is 2.06. The predicted octanol–water partition coefficient (Wildman–Crippen LogP) is 1.67. The Bertz CT molecular complexity index is 571. The van der Waals surface area contributed by atoms with E-state index in [4.69, 9.17) is 11.6 Å². The summed E-state index contributed by atoms with van der Waals surface area (Å²) >= 11 is 6.13. The first-order chi connectivity index (χ1) is 9.94. The lowest BCUT2D eigenvalue weighted by molar-refractivity contribution is 0.241. The van der Waals surface area contributed by atoms with E-state index in [9.17, 15) is 12.8 Å². The van der Waals surface area contributed by atoms with E-state index in [0.717, 1.165) is 25.9 Å². The molecular weight excluding hydrogens is 317 g/mol. The van der Waals surface area contributed by atoms with Crippen LogP contribution in [0, 0.1) is 5.82 Å². The summed E-state index contributed by atoms with van der Waals surface area (Å²) in [6.07, 6.45) is 2.03. The third kappa shape index (κ3) is 4.14. The molecule has 1 fully saturated rings. The molecule has 1 aromatic rings. The Morgan fingerprint density at radius 1 is 1.38 bits per heavy atom. The fraction of sp³-hybridized carbons (Fsp3) is 0.538. The number of likely N-dealkylation sites (tertiary alicyclic amines) is 1. The van der Waals surface area contributed by atoms with Crippen LogP contribution in [-0.4, -0.2) is 40.0 Å². The van der Waals surface area contributed by atoms with Gasteiger partial charge in [0.15, 0.2) is 0 Å². The second-order valence-corrected chi connectivity index (χ2v) is 7.06. The minimum absolute atomic E-state index is 0.0732. The molecule has 5 nitrogen and oxygen atoms in total. The first-order valence-electron chi connectivity index (χ1n) is 6.80. The maximum Gasteiger partial charge on any atom is 0.276 e. The smallest absolute Gasteiger partial charge is 0.276 e. The summed E-state index contributed by atoms with van der Waals surface area (Å²) in [5.74, 6) is -0.414. The molecule has 0 spiro atoms. The van der Waals surface area contributed by atoms with Crippen molar-refractivity contribution in [1.82, 2.24) is 14.3 Å². The molecule has 0 aromatic heterocycles. The Balaban J connectivity index is 2.28. The van der Waals surface area contributed by atoms with Gasteiger partial charge in [-0.2, -0.15) is 8.42 Å². The van der Waals surface area contributed by atoms with Crippen LogP contribution in [0.4, 0.5) is 4.39 Å². The summed E-state index contributed by atoms with van der Waals surface area (Å²) in [6, 6.07) is 4.09. The van der Waals surface area contributed by atoms with Crippen molar-refractivity contribution in [1.29, 1.82) is 0 Å². The first-order valence-corrected chi connectivity index (χ1v) is 8.67. The molecule has 1 atom stereocenters.